The number of nitrogens with one attached hydrogen (secondary N) is 13. The number of nitrogens with two attached hydrogens (primary N) is 2. The number of phenols is 1. The van der Waals surface area contributed by atoms with E-state index in [1.54, 1.807) is 20.1 Å². The molecule has 0 radical (unpaired) electrons. The van der Waals surface area contributed by atoms with Crippen molar-refractivity contribution < 1.29 is 92.3 Å². The Bertz CT molecular complexity index is 3370. The first-order valence-electron chi connectivity index (χ1n) is 33.4. The highest BCUT2D eigenvalue weighted by molar-refractivity contribution is 8.77. The number of hydrogen-bond acceptors (Lipinski definition) is 26. The minimum Gasteiger partial charge on any atom is -0.508 e. The fourth-order valence-electron chi connectivity index (χ4n) is 11.3. The van der Waals surface area contributed by atoms with Crippen LogP contribution in [0.15, 0.2) is 36.8 Å². The molecule has 1 aromatic carbocycles. The van der Waals surface area contributed by atoms with Crippen molar-refractivity contribution in [3.63, 3.8) is 0 Å². The third kappa shape index (κ3) is 25.0. The third-order valence-electron chi connectivity index (χ3n) is 17.0. The van der Waals surface area contributed by atoms with Gasteiger partial charge in [-0.2, -0.15) is 11.8 Å². The SMILES string of the molecule is CSCCC[C@@H]1NC(=O)[C@H](C)NC(=O)[C@H](CO)NC(=O)[C@@H]2CSSC[C@H](NC(=O)CN)C(=O)N[C@@H](CSSC[C@@H](C(N)=O)NC(=O)[C@H](Cc3ccc(O)cc3)NC(=O)[C@@H]3CCCN3C(=O)[C@H](CO)NC1=O)C(=O)N[C@@H](CO)C(=O)N[C@@H](Cc1cnc[nH]1)C(=O)N1CCC[C@H]1C(=O)N[C@@H](C(C)C)C(=O)N2. The summed E-state index contributed by atoms with van der Waals surface area (Å²) < 4.78 is 0. The van der Waals surface area contributed by atoms with Crippen molar-refractivity contribution in [3.05, 3.63) is 48.0 Å². The number of fused-ring (bicyclic) bond motifs is 10. The lowest BCUT2D eigenvalue weighted by molar-refractivity contribution is -0.143. The van der Waals surface area contributed by atoms with E-state index in [1.165, 1.54) is 60.4 Å². The fourth-order valence-corrected chi connectivity index (χ4v) is 16.4. The standard InChI is InChI=1S/C62H92N18O19S5/c1-30(2)48-60(97)77-44-28-104-102-26-42(68-47(85)20-63)55(92)76-43(56(93)73-39(23-82)54(91)71-37(19-33-21-65-29-66-33)61(98)79-15-6-10-46(79)59(96)78-48)27-103-101-25-41(49(64)86)75-52(89)36(18-32-11-13-34(84)14-12-32)70-58(95)45-9-5-16-80(45)62(99)40(24-83)74-51(88)35(8-7-17-100-4)69-50(87)31(3)67-53(90)38(22-81)72-57(44)94/h11-14,21,29-31,35-46,48,81-84H,5-10,15-20,22-28,63H2,1-4H3,(H2,64,86)(H,65,66)(H,67,90)(H,68,85)(H,69,87)(H,70,95)(H,71,91)(H,72,94)(H,73,93)(H,74,88)(H,75,89)(H,76,92)(H,77,97)(H,78,96)/t31-,35-,36-,37-,38-,39-,40-,41-,42-,43-,44-,45-,46-,48-/m0/s1. The number of carbonyl (C=O) groups excluding carboxylic acids is 15. The predicted octanol–water partition coefficient (Wildman–Crippen LogP) is -7.27. The Hall–Kier alpha value is -8.13. The number of nitrogens with zero attached hydrogens (tertiary/aromatic N) is 3. The fraction of sp³-hybridized carbons (Fsp3) is 0.613. The van der Waals surface area contributed by atoms with Gasteiger partial charge in [0.05, 0.1) is 32.7 Å². The Morgan fingerprint density at radius 1 is 0.587 bits per heavy atom. The quantitative estimate of drug-likeness (QED) is 0.0582. The van der Waals surface area contributed by atoms with Gasteiger partial charge in [-0.15, -0.1) is 0 Å². The lowest BCUT2D eigenvalue weighted by Crippen LogP contribution is -2.62. The maximum atomic E-state index is 14.8. The number of phenolic OH excluding ortho intramolecular Hbond substituents is 1. The number of aliphatic hydroxyl groups excluding tert-OH is 3. The number of thioether (sulfide) groups is 1. The normalized spacial score (nSPS) is 28.2. The van der Waals surface area contributed by atoms with Crippen LogP contribution in [0.1, 0.15) is 70.6 Å². The minimum absolute atomic E-state index is 0.0222. The predicted molar refractivity (Wildman–Crippen MR) is 384 cm³/mol. The Morgan fingerprint density at radius 3 is 1.63 bits per heavy atom. The van der Waals surface area contributed by atoms with Gasteiger partial charge in [0.15, 0.2) is 0 Å². The molecule has 4 aliphatic heterocycles. The second-order valence-corrected chi connectivity index (χ2v) is 31.2. The van der Waals surface area contributed by atoms with E-state index >= 15 is 0 Å². The molecular formula is C62H92N18O19S5. The molecule has 0 spiro atoms. The number of imidazole rings is 1. The van der Waals surface area contributed by atoms with Gasteiger partial charge < -0.3 is 110 Å². The van der Waals surface area contributed by atoms with Crippen molar-refractivity contribution in [2.45, 2.75) is 157 Å². The number of amides is 15. The average molecular weight is 1550 g/mol. The van der Waals surface area contributed by atoms with E-state index in [4.69, 9.17) is 11.5 Å². The highest BCUT2D eigenvalue weighted by Gasteiger charge is 2.44. The van der Waals surface area contributed by atoms with Crippen LogP contribution in [0.2, 0.25) is 0 Å². The molecule has 574 valence electrons. The molecule has 0 unspecified atom stereocenters. The summed E-state index contributed by atoms with van der Waals surface area (Å²) >= 11 is 1.42. The van der Waals surface area contributed by atoms with Crippen molar-refractivity contribution in [1.82, 2.24) is 83.6 Å². The zero-order valence-corrected chi connectivity index (χ0v) is 61.6. The molecule has 2 bridgehead atoms. The summed E-state index contributed by atoms with van der Waals surface area (Å²) in [5.41, 5.74) is 12.3. The lowest BCUT2D eigenvalue weighted by atomic mass is 10.0. The molecule has 4 aliphatic rings. The molecule has 0 saturated carbocycles. The maximum absolute atomic E-state index is 14.8. The highest BCUT2D eigenvalue weighted by Crippen LogP contribution is 2.27. The van der Waals surface area contributed by atoms with Crippen LogP contribution in [0.3, 0.4) is 0 Å². The molecule has 21 N–H and O–H groups in total. The number of aromatic hydroxyl groups is 1. The van der Waals surface area contributed by atoms with Crippen LogP contribution in [0.4, 0.5) is 0 Å². The van der Waals surface area contributed by atoms with Crippen LogP contribution >= 0.6 is 54.9 Å². The Kier molecular flexibility index (Phi) is 34.4. The van der Waals surface area contributed by atoms with Gasteiger partial charge >= 0.3 is 0 Å². The van der Waals surface area contributed by atoms with Crippen LogP contribution in [0.25, 0.3) is 0 Å². The summed E-state index contributed by atoms with van der Waals surface area (Å²) in [5, 5.41) is 72.3. The number of benzene rings is 1. The molecule has 15 amide bonds. The average Bonchev–Trinajstić information content (AvgIpc) is 1.63. The van der Waals surface area contributed by atoms with Gasteiger partial charge in [-0.3, -0.25) is 71.9 Å². The molecule has 2 aromatic rings. The van der Waals surface area contributed by atoms with E-state index in [-0.39, 0.29) is 75.3 Å². The molecule has 6 rings (SSSR count). The smallest absolute Gasteiger partial charge is 0.248 e. The van der Waals surface area contributed by atoms with E-state index in [2.05, 4.69) is 73.8 Å². The van der Waals surface area contributed by atoms with Gasteiger partial charge in [-0.1, -0.05) is 69.2 Å². The van der Waals surface area contributed by atoms with Gasteiger partial charge in [0.1, 0.15) is 90.3 Å². The Morgan fingerprint density at radius 2 is 1.09 bits per heavy atom. The monoisotopic (exact) mass is 1550 g/mol. The van der Waals surface area contributed by atoms with Crippen LogP contribution in [0.5, 0.6) is 5.75 Å². The summed E-state index contributed by atoms with van der Waals surface area (Å²) in [6.45, 7) is 0.442. The van der Waals surface area contributed by atoms with E-state index < -0.39 is 217 Å². The largest absolute Gasteiger partial charge is 0.508 e. The number of hydrogen-bond donors (Lipinski definition) is 19. The number of rotatable bonds is 15. The zero-order valence-electron chi connectivity index (χ0n) is 57.5. The van der Waals surface area contributed by atoms with Crippen LogP contribution in [-0.2, 0) is 84.8 Å². The third-order valence-corrected chi connectivity index (χ3v) is 22.6. The van der Waals surface area contributed by atoms with Gasteiger partial charge in [-0.25, -0.2) is 4.98 Å². The minimum atomic E-state index is -1.85. The molecule has 42 heteroatoms. The van der Waals surface area contributed by atoms with Gasteiger partial charge in [0.2, 0.25) is 88.6 Å². The molecule has 1 aromatic heterocycles. The number of H-pyrrole nitrogens is 1. The summed E-state index contributed by atoms with van der Waals surface area (Å²) in [4.78, 5) is 223. The van der Waals surface area contributed by atoms with Crippen LogP contribution in [0, 0.1) is 5.92 Å². The number of primary amides is 1. The van der Waals surface area contributed by atoms with Crippen molar-refractivity contribution in [2.24, 2.45) is 17.4 Å². The number of carbonyl (C=O) groups is 15. The molecule has 0 aliphatic carbocycles. The lowest BCUT2D eigenvalue weighted by Gasteiger charge is -2.31. The zero-order chi connectivity index (χ0) is 76.3. The summed E-state index contributed by atoms with van der Waals surface area (Å²) in [5.74, 6) is -16.7. The van der Waals surface area contributed by atoms with Gasteiger partial charge in [0, 0.05) is 60.8 Å². The molecule has 4 saturated heterocycles. The van der Waals surface area contributed by atoms with Crippen molar-refractivity contribution in [1.29, 1.82) is 0 Å². The van der Waals surface area contributed by atoms with Gasteiger partial charge in [0.25, 0.3) is 0 Å². The summed E-state index contributed by atoms with van der Waals surface area (Å²) in [6.07, 6.45) is 4.82. The van der Waals surface area contributed by atoms with Crippen molar-refractivity contribution >= 4 is 144 Å². The second-order valence-electron chi connectivity index (χ2n) is 25.1. The van der Waals surface area contributed by atoms with E-state index in [9.17, 15) is 92.3 Å². The van der Waals surface area contributed by atoms with E-state index in [1.807, 2.05) is 0 Å². The van der Waals surface area contributed by atoms with Crippen molar-refractivity contribution in [3.8, 4) is 5.75 Å². The van der Waals surface area contributed by atoms with Crippen molar-refractivity contribution in [2.75, 3.05) is 74.5 Å². The Balaban J connectivity index is 1.43. The molecule has 37 nitrogen and oxygen atoms in total. The highest BCUT2D eigenvalue weighted by atomic mass is 33.1. The number of aromatic nitrogens is 2. The van der Waals surface area contributed by atoms with Gasteiger partial charge in [-0.05, 0) is 81.1 Å². The van der Waals surface area contributed by atoms with E-state index in [0.717, 1.165) is 48.1 Å². The topological polar surface area (TPSA) is 569 Å². The number of aliphatic hydroxyl groups is 3. The molecule has 5 heterocycles. The van der Waals surface area contributed by atoms with Crippen LogP contribution in [-0.4, -0.2) is 288 Å². The first-order chi connectivity index (χ1) is 49.6. The maximum Gasteiger partial charge on any atom is 0.248 e. The molecule has 4 fully saturated rings. The first kappa shape index (κ1) is 84.8. The first-order valence-corrected chi connectivity index (χ1v) is 39.8. The summed E-state index contributed by atoms with van der Waals surface area (Å²) in [6, 6.07) is -16.3. The molecule has 104 heavy (non-hydrogen) atoms. The summed E-state index contributed by atoms with van der Waals surface area (Å²) in [7, 11) is 3.34. The van der Waals surface area contributed by atoms with Crippen LogP contribution < -0.4 is 75.3 Å². The van der Waals surface area contributed by atoms with E-state index in [0.29, 0.717) is 23.4 Å². The Labute approximate surface area is 618 Å². The second kappa shape index (κ2) is 42.1. The number of aromatic amines is 1. The molecular weight excluding hydrogens is 1460 g/mol. The molecule has 14 atom stereocenters.